The van der Waals surface area contributed by atoms with Gasteiger partial charge in [0.25, 0.3) is 5.91 Å². The number of carbonyl (C=O) groups is 2. The van der Waals surface area contributed by atoms with Crippen molar-refractivity contribution in [3.8, 4) is 11.5 Å². The molecule has 42 heavy (non-hydrogen) atoms. The van der Waals surface area contributed by atoms with E-state index in [1.54, 1.807) is 23.1 Å². The van der Waals surface area contributed by atoms with E-state index >= 15 is 0 Å². The van der Waals surface area contributed by atoms with E-state index in [2.05, 4.69) is 29.1 Å². The number of amides is 2. The van der Waals surface area contributed by atoms with Gasteiger partial charge in [-0.2, -0.15) is 0 Å². The van der Waals surface area contributed by atoms with Crippen molar-refractivity contribution in [2.24, 2.45) is 0 Å². The van der Waals surface area contributed by atoms with Crippen molar-refractivity contribution in [2.45, 2.75) is 51.4 Å². The molecule has 0 saturated carbocycles. The van der Waals surface area contributed by atoms with Gasteiger partial charge in [0.15, 0.2) is 16.7 Å². The molecule has 1 atom stereocenters. The monoisotopic (exact) mass is 582 g/mol. The average molecular weight is 583 g/mol. The first-order chi connectivity index (χ1) is 20.3. The van der Waals surface area contributed by atoms with E-state index in [0.717, 1.165) is 28.1 Å². The fourth-order valence-electron chi connectivity index (χ4n) is 4.79. The van der Waals surface area contributed by atoms with Crippen LogP contribution >= 0.6 is 11.8 Å². The number of anilines is 1. The summed E-state index contributed by atoms with van der Waals surface area (Å²) >= 11 is 1.27. The number of aromatic nitrogens is 2. The normalized spacial score (nSPS) is 12.7. The van der Waals surface area contributed by atoms with Crippen LogP contribution in [0.5, 0.6) is 11.5 Å². The third-order valence-electron chi connectivity index (χ3n) is 6.92. The number of benzene rings is 3. The molecule has 0 unspecified atom stereocenters. The molecular weight excluding hydrogens is 548 g/mol. The van der Waals surface area contributed by atoms with Gasteiger partial charge in [-0.25, -0.2) is 9.97 Å². The standard InChI is InChI=1S/C33H34N4O4S/c1-21(2)25-10-12-26(13-11-25)31(32(39)36-27-14-15-28-29(17-27)41-20-40-28)37(18-24-8-6-5-7-9-24)30(38)19-42-33-34-22(3)16-23(4)35-33/h5-17,21,31H,18-20H2,1-4H3,(H,36,39)/t31-/m0/s1. The summed E-state index contributed by atoms with van der Waals surface area (Å²) in [7, 11) is 0. The van der Waals surface area contributed by atoms with Gasteiger partial charge in [-0.1, -0.05) is 80.2 Å². The maximum absolute atomic E-state index is 14.1. The smallest absolute Gasteiger partial charge is 0.251 e. The molecule has 3 aromatic carbocycles. The van der Waals surface area contributed by atoms with Crippen LogP contribution in [-0.2, 0) is 16.1 Å². The second-order valence-electron chi connectivity index (χ2n) is 10.5. The highest BCUT2D eigenvalue weighted by Gasteiger charge is 2.32. The van der Waals surface area contributed by atoms with Crippen LogP contribution in [0.15, 0.2) is 84.0 Å². The summed E-state index contributed by atoms with van der Waals surface area (Å²) < 4.78 is 10.9. The van der Waals surface area contributed by atoms with Gasteiger partial charge in [0, 0.05) is 29.7 Å². The molecule has 0 fully saturated rings. The van der Waals surface area contributed by atoms with E-state index < -0.39 is 6.04 Å². The molecule has 2 heterocycles. The fourth-order valence-corrected chi connectivity index (χ4v) is 5.63. The summed E-state index contributed by atoms with van der Waals surface area (Å²) in [6, 6.07) is 23.8. The number of hydrogen-bond acceptors (Lipinski definition) is 7. The van der Waals surface area contributed by atoms with E-state index in [1.807, 2.05) is 74.5 Å². The lowest BCUT2D eigenvalue weighted by molar-refractivity contribution is -0.137. The Kier molecular flexibility index (Phi) is 9.07. The molecule has 9 heteroatoms. The zero-order valence-electron chi connectivity index (χ0n) is 24.2. The largest absolute Gasteiger partial charge is 0.454 e. The van der Waals surface area contributed by atoms with Crippen molar-refractivity contribution in [1.82, 2.24) is 14.9 Å². The molecule has 2 amide bonds. The maximum Gasteiger partial charge on any atom is 0.251 e. The van der Waals surface area contributed by atoms with E-state index in [-0.39, 0.29) is 30.9 Å². The molecule has 216 valence electrons. The SMILES string of the molecule is Cc1cc(C)nc(SCC(=O)N(Cc2ccccc2)[C@H](C(=O)Nc2ccc3c(c2)OCO3)c2ccc(C(C)C)cc2)n1. The Morgan fingerprint density at radius 1 is 0.881 bits per heavy atom. The van der Waals surface area contributed by atoms with Gasteiger partial charge in [0.2, 0.25) is 12.7 Å². The number of aryl methyl sites for hydroxylation is 2. The number of hydrogen-bond donors (Lipinski definition) is 1. The van der Waals surface area contributed by atoms with Gasteiger partial charge in [-0.15, -0.1) is 0 Å². The highest BCUT2D eigenvalue weighted by Crippen LogP contribution is 2.35. The van der Waals surface area contributed by atoms with Gasteiger partial charge in [-0.3, -0.25) is 9.59 Å². The van der Waals surface area contributed by atoms with Crippen LogP contribution in [0.1, 0.15) is 53.9 Å². The molecule has 0 saturated heterocycles. The van der Waals surface area contributed by atoms with Crippen molar-refractivity contribution in [2.75, 3.05) is 17.9 Å². The number of fused-ring (bicyclic) bond motifs is 1. The lowest BCUT2D eigenvalue weighted by Crippen LogP contribution is -2.41. The van der Waals surface area contributed by atoms with Crippen LogP contribution in [0.4, 0.5) is 5.69 Å². The average Bonchev–Trinajstić information content (AvgIpc) is 3.44. The van der Waals surface area contributed by atoms with E-state index in [0.29, 0.717) is 28.3 Å². The molecule has 8 nitrogen and oxygen atoms in total. The first kappa shape index (κ1) is 29.1. The predicted molar refractivity (Wildman–Crippen MR) is 164 cm³/mol. The maximum atomic E-state index is 14.1. The quantitative estimate of drug-likeness (QED) is 0.170. The summed E-state index contributed by atoms with van der Waals surface area (Å²) in [5.74, 6) is 1.06. The molecule has 4 aromatic rings. The minimum Gasteiger partial charge on any atom is -0.454 e. The van der Waals surface area contributed by atoms with Crippen LogP contribution in [0.25, 0.3) is 0 Å². The summed E-state index contributed by atoms with van der Waals surface area (Å²) in [6.45, 7) is 8.43. The van der Waals surface area contributed by atoms with E-state index in [4.69, 9.17) is 9.47 Å². The van der Waals surface area contributed by atoms with Gasteiger partial charge >= 0.3 is 0 Å². The van der Waals surface area contributed by atoms with E-state index in [1.165, 1.54) is 11.8 Å². The fraction of sp³-hybridized carbons (Fsp3) is 0.273. The van der Waals surface area contributed by atoms with Crippen molar-refractivity contribution < 1.29 is 19.1 Å². The summed E-state index contributed by atoms with van der Waals surface area (Å²) in [5, 5.41) is 3.55. The Bertz CT molecular complexity index is 1540. The topological polar surface area (TPSA) is 93.7 Å². The van der Waals surface area contributed by atoms with Crippen molar-refractivity contribution in [1.29, 1.82) is 0 Å². The Balaban J connectivity index is 1.49. The lowest BCUT2D eigenvalue weighted by atomic mass is 9.97. The minimum atomic E-state index is -0.898. The van der Waals surface area contributed by atoms with Crippen LogP contribution in [0, 0.1) is 13.8 Å². The molecular formula is C33H34N4O4S. The minimum absolute atomic E-state index is 0.0770. The molecule has 1 aliphatic rings. The molecule has 1 N–H and O–H groups in total. The first-order valence-electron chi connectivity index (χ1n) is 13.9. The van der Waals surface area contributed by atoms with E-state index in [9.17, 15) is 9.59 Å². The van der Waals surface area contributed by atoms with Crippen molar-refractivity contribution in [3.63, 3.8) is 0 Å². The van der Waals surface area contributed by atoms with Crippen LogP contribution in [-0.4, -0.2) is 39.2 Å². The second kappa shape index (κ2) is 13.1. The van der Waals surface area contributed by atoms with Gasteiger partial charge in [0.05, 0.1) is 5.75 Å². The molecule has 0 radical (unpaired) electrons. The number of nitrogens with one attached hydrogen (secondary N) is 1. The second-order valence-corrected chi connectivity index (χ2v) is 11.5. The van der Waals surface area contributed by atoms with Crippen LogP contribution < -0.4 is 14.8 Å². The lowest BCUT2D eigenvalue weighted by Gasteiger charge is -2.32. The Morgan fingerprint density at radius 3 is 2.24 bits per heavy atom. The van der Waals surface area contributed by atoms with Crippen molar-refractivity contribution >= 4 is 29.3 Å². The van der Waals surface area contributed by atoms with Gasteiger partial charge in [0.1, 0.15) is 6.04 Å². The zero-order valence-corrected chi connectivity index (χ0v) is 25.0. The highest BCUT2D eigenvalue weighted by atomic mass is 32.2. The number of carbonyl (C=O) groups excluding carboxylic acids is 2. The number of nitrogens with zero attached hydrogens (tertiary/aromatic N) is 3. The Hall–Kier alpha value is -4.37. The summed E-state index contributed by atoms with van der Waals surface area (Å²) in [6.07, 6.45) is 0. The predicted octanol–water partition coefficient (Wildman–Crippen LogP) is 6.45. The molecule has 0 bridgehead atoms. The Labute approximate surface area is 250 Å². The molecule has 1 aromatic heterocycles. The zero-order chi connectivity index (χ0) is 29.6. The van der Waals surface area contributed by atoms with Crippen molar-refractivity contribution in [3.05, 3.63) is 107 Å². The van der Waals surface area contributed by atoms with Crippen LogP contribution in [0.2, 0.25) is 0 Å². The third-order valence-corrected chi connectivity index (χ3v) is 7.75. The summed E-state index contributed by atoms with van der Waals surface area (Å²) in [4.78, 5) is 38.7. The first-order valence-corrected chi connectivity index (χ1v) is 14.8. The summed E-state index contributed by atoms with van der Waals surface area (Å²) in [5.41, 5.74) is 5.01. The number of thioether (sulfide) groups is 1. The van der Waals surface area contributed by atoms with Gasteiger partial charge < -0.3 is 19.7 Å². The third kappa shape index (κ3) is 7.09. The van der Waals surface area contributed by atoms with Crippen LogP contribution in [0.3, 0.4) is 0 Å². The molecule has 0 aliphatic carbocycles. The highest BCUT2D eigenvalue weighted by molar-refractivity contribution is 7.99. The molecule has 0 spiro atoms. The molecule has 1 aliphatic heterocycles. The Morgan fingerprint density at radius 2 is 1.55 bits per heavy atom. The molecule has 5 rings (SSSR count). The van der Waals surface area contributed by atoms with Gasteiger partial charge in [-0.05, 0) is 54.7 Å². The number of ether oxygens (including phenoxy) is 2. The number of rotatable bonds is 10.